The number of aromatic nitrogens is 2. The monoisotopic (exact) mass is 244 g/mol. The summed E-state index contributed by atoms with van der Waals surface area (Å²) in [4.78, 5) is 0. The molecular formula is C14H20N4. The highest BCUT2D eigenvalue weighted by atomic mass is 15.3. The lowest BCUT2D eigenvalue weighted by molar-refractivity contribution is 0.551. The van der Waals surface area contributed by atoms with Crippen LogP contribution in [0.15, 0.2) is 36.7 Å². The standard InChI is InChI=1S/C14H20N4/c1-3-18-10-12(9-16-18)8-14(17-15)13-6-4-5-11(2)7-13/h4-7,9-10,14,17H,3,8,15H2,1-2H3. The number of hydrazine groups is 1. The number of hydrogen-bond donors (Lipinski definition) is 2. The average molecular weight is 244 g/mol. The van der Waals surface area contributed by atoms with Gasteiger partial charge in [0.2, 0.25) is 0 Å². The molecule has 0 aliphatic rings. The van der Waals surface area contributed by atoms with E-state index < -0.39 is 0 Å². The summed E-state index contributed by atoms with van der Waals surface area (Å²) in [5.74, 6) is 5.66. The van der Waals surface area contributed by atoms with Crippen LogP contribution in [-0.2, 0) is 13.0 Å². The van der Waals surface area contributed by atoms with Crippen LogP contribution in [-0.4, -0.2) is 9.78 Å². The van der Waals surface area contributed by atoms with Crippen molar-refractivity contribution < 1.29 is 0 Å². The molecule has 4 heteroatoms. The van der Waals surface area contributed by atoms with Crippen LogP contribution in [0.5, 0.6) is 0 Å². The Hall–Kier alpha value is -1.65. The van der Waals surface area contributed by atoms with E-state index in [1.165, 1.54) is 16.7 Å². The lowest BCUT2D eigenvalue weighted by atomic mass is 10.00. The molecule has 0 amide bonds. The van der Waals surface area contributed by atoms with Crippen molar-refractivity contribution in [2.24, 2.45) is 5.84 Å². The summed E-state index contributed by atoms with van der Waals surface area (Å²) in [5.41, 5.74) is 6.54. The van der Waals surface area contributed by atoms with Gasteiger partial charge < -0.3 is 0 Å². The molecule has 1 aromatic heterocycles. The van der Waals surface area contributed by atoms with E-state index in [4.69, 9.17) is 5.84 Å². The summed E-state index contributed by atoms with van der Waals surface area (Å²) in [6.45, 7) is 5.06. The van der Waals surface area contributed by atoms with Crippen molar-refractivity contribution in [2.45, 2.75) is 32.9 Å². The molecule has 0 spiro atoms. The van der Waals surface area contributed by atoms with Crippen LogP contribution in [0.1, 0.15) is 29.7 Å². The van der Waals surface area contributed by atoms with Gasteiger partial charge in [-0.1, -0.05) is 29.8 Å². The van der Waals surface area contributed by atoms with Crippen molar-refractivity contribution in [3.63, 3.8) is 0 Å². The lowest BCUT2D eigenvalue weighted by Gasteiger charge is -2.15. The van der Waals surface area contributed by atoms with Crippen LogP contribution in [0.2, 0.25) is 0 Å². The van der Waals surface area contributed by atoms with E-state index in [-0.39, 0.29) is 6.04 Å². The molecule has 4 nitrogen and oxygen atoms in total. The third kappa shape index (κ3) is 2.97. The van der Waals surface area contributed by atoms with Crippen LogP contribution in [0.3, 0.4) is 0 Å². The largest absolute Gasteiger partial charge is 0.273 e. The summed E-state index contributed by atoms with van der Waals surface area (Å²) in [6, 6.07) is 8.53. The Bertz CT molecular complexity index is 504. The van der Waals surface area contributed by atoms with E-state index in [2.05, 4.69) is 54.8 Å². The fourth-order valence-corrected chi connectivity index (χ4v) is 2.08. The first-order valence-electron chi connectivity index (χ1n) is 6.27. The molecule has 3 N–H and O–H groups in total. The molecule has 1 atom stereocenters. The minimum atomic E-state index is 0.124. The highest BCUT2D eigenvalue weighted by Gasteiger charge is 2.11. The molecule has 96 valence electrons. The van der Waals surface area contributed by atoms with Crippen molar-refractivity contribution in [2.75, 3.05) is 0 Å². The summed E-state index contributed by atoms with van der Waals surface area (Å²) < 4.78 is 1.93. The van der Waals surface area contributed by atoms with E-state index in [9.17, 15) is 0 Å². The van der Waals surface area contributed by atoms with Crippen LogP contribution >= 0.6 is 0 Å². The van der Waals surface area contributed by atoms with Gasteiger partial charge in [-0.25, -0.2) is 0 Å². The lowest BCUT2D eigenvalue weighted by Crippen LogP contribution is -2.29. The zero-order chi connectivity index (χ0) is 13.0. The normalized spacial score (nSPS) is 12.6. The molecule has 0 bridgehead atoms. The van der Waals surface area contributed by atoms with Crippen molar-refractivity contribution in [1.29, 1.82) is 0 Å². The van der Waals surface area contributed by atoms with Gasteiger partial charge in [-0.15, -0.1) is 0 Å². The van der Waals surface area contributed by atoms with Gasteiger partial charge in [0.15, 0.2) is 0 Å². The SMILES string of the molecule is CCn1cc(CC(NN)c2cccc(C)c2)cn1. The molecule has 2 aromatic rings. The van der Waals surface area contributed by atoms with Crippen molar-refractivity contribution in [3.8, 4) is 0 Å². The molecule has 0 aliphatic carbocycles. The second-order valence-electron chi connectivity index (χ2n) is 4.54. The van der Waals surface area contributed by atoms with E-state index in [1.807, 2.05) is 10.9 Å². The molecular weight excluding hydrogens is 224 g/mol. The summed E-state index contributed by atoms with van der Waals surface area (Å²) in [6.07, 6.45) is 4.82. The maximum absolute atomic E-state index is 5.66. The van der Waals surface area contributed by atoms with Crippen molar-refractivity contribution in [1.82, 2.24) is 15.2 Å². The Morgan fingerprint density at radius 2 is 2.28 bits per heavy atom. The Morgan fingerprint density at radius 3 is 2.89 bits per heavy atom. The molecule has 18 heavy (non-hydrogen) atoms. The third-order valence-electron chi connectivity index (χ3n) is 3.10. The molecule has 1 heterocycles. The van der Waals surface area contributed by atoms with Gasteiger partial charge in [0.1, 0.15) is 0 Å². The Kier molecular flexibility index (Phi) is 4.12. The van der Waals surface area contributed by atoms with Crippen LogP contribution in [0.4, 0.5) is 0 Å². The molecule has 0 fully saturated rings. The number of nitrogens with zero attached hydrogens (tertiary/aromatic N) is 2. The number of aryl methyl sites for hydroxylation is 2. The van der Waals surface area contributed by atoms with E-state index >= 15 is 0 Å². The molecule has 1 unspecified atom stereocenters. The quantitative estimate of drug-likeness (QED) is 0.624. The number of benzene rings is 1. The second kappa shape index (κ2) is 5.80. The minimum Gasteiger partial charge on any atom is -0.273 e. The molecule has 1 aromatic carbocycles. The zero-order valence-corrected chi connectivity index (χ0v) is 10.9. The fourth-order valence-electron chi connectivity index (χ4n) is 2.08. The van der Waals surface area contributed by atoms with Gasteiger partial charge in [0.05, 0.1) is 12.2 Å². The fraction of sp³-hybridized carbons (Fsp3) is 0.357. The van der Waals surface area contributed by atoms with Gasteiger partial charge in [-0.2, -0.15) is 5.10 Å². The number of hydrogen-bond acceptors (Lipinski definition) is 3. The van der Waals surface area contributed by atoms with Crippen molar-refractivity contribution >= 4 is 0 Å². The first-order chi connectivity index (χ1) is 8.72. The van der Waals surface area contributed by atoms with Gasteiger partial charge in [0.25, 0.3) is 0 Å². The maximum atomic E-state index is 5.66. The molecule has 2 rings (SSSR count). The number of rotatable bonds is 5. The van der Waals surface area contributed by atoms with Gasteiger partial charge >= 0.3 is 0 Å². The smallest absolute Gasteiger partial charge is 0.0522 e. The van der Waals surface area contributed by atoms with Gasteiger partial charge in [-0.3, -0.25) is 16.0 Å². The van der Waals surface area contributed by atoms with Gasteiger partial charge in [-0.05, 0) is 31.4 Å². The highest BCUT2D eigenvalue weighted by molar-refractivity contribution is 5.26. The zero-order valence-electron chi connectivity index (χ0n) is 10.9. The molecule has 0 saturated carbocycles. The summed E-state index contributed by atoms with van der Waals surface area (Å²) >= 11 is 0. The van der Waals surface area contributed by atoms with E-state index in [0.29, 0.717) is 0 Å². The average Bonchev–Trinajstić information content (AvgIpc) is 2.83. The second-order valence-corrected chi connectivity index (χ2v) is 4.54. The predicted molar refractivity (Wildman–Crippen MR) is 72.8 cm³/mol. The van der Waals surface area contributed by atoms with E-state index in [1.54, 1.807) is 0 Å². The number of nitrogens with one attached hydrogen (secondary N) is 1. The predicted octanol–water partition coefficient (Wildman–Crippen LogP) is 1.96. The highest BCUT2D eigenvalue weighted by Crippen LogP contribution is 2.18. The van der Waals surface area contributed by atoms with Crippen molar-refractivity contribution in [3.05, 3.63) is 53.3 Å². The third-order valence-corrected chi connectivity index (χ3v) is 3.10. The van der Waals surface area contributed by atoms with Gasteiger partial charge in [0, 0.05) is 12.7 Å². The van der Waals surface area contributed by atoms with Crippen LogP contribution in [0, 0.1) is 6.92 Å². The van der Waals surface area contributed by atoms with Crippen LogP contribution in [0.25, 0.3) is 0 Å². The minimum absolute atomic E-state index is 0.124. The first-order valence-corrected chi connectivity index (χ1v) is 6.27. The summed E-state index contributed by atoms with van der Waals surface area (Å²) in [5, 5.41) is 4.28. The molecule has 0 radical (unpaired) electrons. The Balaban J connectivity index is 2.14. The molecule has 0 saturated heterocycles. The maximum Gasteiger partial charge on any atom is 0.0522 e. The first kappa shape index (κ1) is 12.8. The van der Waals surface area contributed by atoms with Crippen LogP contribution < -0.4 is 11.3 Å². The van der Waals surface area contributed by atoms with E-state index in [0.717, 1.165) is 13.0 Å². The Labute approximate surface area is 108 Å². The number of nitrogens with two attached hydrogens (primary N) is 1. The Morgan fingerprint density at radius 1 is 1.44 bits per heavy atom. The topological polar surface area (TPSA) is 55.9 Å². The molecule has 0 aliphatic heterocycles. The summed E-state index contributed by atoms with van der Waals surface area (Å²) in [7, 11) is 0.